The fourth-order valence-electron chi connectivity index (χ4n) is 0.901. The predicted octanol–water partition coefficient (Wildman–Crippen LogP) is 1.92. The van der Waals surface area contributed by atoms with Gasteiger partial charge < -0.3 is 0 Å². The summed E-state index contributed by atoms with van der Waals surface area (Å²) in [4.78, 5) is 9.07. The third-order valence-corrected chi connectivity index (χ3v) is 1.54. The molecule has 0 fully saturated rings. The Kier molecular flexibility index (Phi) is 5.13. The number of hydroxylamine groups is 1. The van der Waals surface area contributed by atoms with Gasteiger partial charge in [0.05, 0.1) is 13.2 Å². The third kappa shape index (κ3) is 4.42. The van der Waals surface area contributed by atoms with Crippen LogP contribution in [-0.4, -0.2) is 12.9 Å². The molecule has 0 spiro atoms. The van der Waals surface area contributed by atoms with Crippen LogP contribution in [0.4, 0.5) is 0 Å². The predicted molar refractivity (Wildman–Crippen MR) is 57.9 cm³/mol. The highest BCUT2D eigenvalue weighted by atomic mass is 16.6. The van der Waals surface area contributed by atoms with Crippen molar-refractivity contribution in [3.05, 3.63) is 48.6 Å². The molecule has 0 bridgehead atoms. The van der Waals surface area contributed by atoms with Crippen molar-refractivity contribution in [1.82, 2.24) is 5.48 Å². The Bertz CT molecular complexity index is 283. The lowest BCUT2D eigenvalue weighted by Crippen LogP contribution is -2.11. The van der Waals surface area contributed by atoms with Crippen molar-refractivity contribution < 1.29 is 4.84 Å². The lowest BCUT2D eigenvalue weighted by Gasteiger charge is -2.01. The second-order valence-corrected chi connectivity index (χ2v) is 2.68. The van der Waals surface area contributed by atoms with E-state index in [-0.39, 0.29) is 0 Å². The molecule has 1 rings (SSSR count). The fourth-order valence-corrected chi connectivity index (χ4v) is 0.901. The Morgan fingerprint density at radius 3 is 2.86 bits per heavy atom. The summed E-state index contributed by atoms with van der Waals surface area (Å²) < 4.78 is 0. The molecular weight excluding hydrogens is 176 g/mol. The van der Waals surface area contributed by atoms with Crippen LogP contribution >= 0.6 is 0 Å². The standard InChI is InChI=1S/C11H14N2O/c1-2-8-12-10-13-14-9-11-6-4-3-5-7-11/h2-7,10H,1,8-9H2,(H,12,13). The molecule has 3 nitrogen and oxygen atoms in total. The van der Waals surface area contributed by atoms with Crippen molar-refractivity contribution in [3.8, 4) is 0 Å². The maximum absolute atomic E-state index is 5.13. The smallest absolute Gasteiger partial charge is 0.107 e. The molecule has 0 saturated heterocycles. The highest BCUT2D eigenvalue weighted by Crippen LogP contribution is 1.98. The zero-order chi connectivity index (χ0) is 10.1. The number of rotatable bonds is 6. The molecule has 0 radical (unpaired) electrons. The molecule has 3 heteroatoms. The molecule has 0 amide bonds. The number of benzene rings is 1. The van der Waals surface area contributed by atoms with Gasteiger partial charge in [-0.05, 0) is 5.56 Å². The molecule has 0 aliphatic heterocycles. The summed E-state index contributed by atoms with van der Waals surface area (Å²) in [5.74, 6) is 0. The minimum atomic E-state index is 0.529. The SMILES string of the molecule is C=CCN=CNOCc1ccccc1. The Labute approximate surface area is 84.1 Å². The van der Waals surface area contributed by atoms with E-state index in [0.29, 0.717) is 13.2 Å². The van der Waals surface area contributed by atoms with Gasteiger partial charge in [-0.1, -0.05) is 36.4 Å². The lowest BCUT2D eigenvalue weighted by atomic mass is 10.2. The van der Waals surface area contributed by atoms with Gasteiger partial charge >= 0.3 is 0 Å². The molecule has 0 aliphatic carbocycles. The van der Waals surface area contributed by atoms with E-state index in [1.54, 1.807) is 6.08 Å². The summed E-state index contributed by atoms with van der Waals surface area (Å²) in [5, 5.41) is 0. The van der Waals surface area contributed by atoms with Crippen molar-refractivity contribution in [2.45, 2.75) is 6.61 Å². The van der Waals surface area contributed by atoms with E-state index in [2.05, 4.69) is 17.1 Å². The number of nitrogens with zero attached hydrogens (tertiary/aromatic N) is 1. The quantitative estimate of drug-likeness (QED) is 0.244. The largest absolute Gasteiger partial charge is 0.270 e. The average molecular weight is 190 g/mol. The van der Waals surface area contributed by atoms with Gasteiger partial charge in [-0.25, -0.2) is 0 Å². The van der Waals surface area contributed by atoms with Crippen molar-refractivity contribution in [2.75, 3.05) is 6.54 Å². The first-order chi connectivity index (χ1) is 6.93. The minimum Gasteiger partial charge on any atom is -0.270 e. The van der Waals surface area contributed by atoms with E-state index in [1.807, 2.05) is 30.3 Å². The van der Waals surface area contributed by atoms with E-state index in [4.69, 9.17) is 4.84 Å². The molecule has 0 atom stereocenters. The number of hydrogen-bond donors (Lipinski definition) is 1. The molecule has 1 N–H and O–H groups in total. The van der Waals surface area contributed by atoms with Gasteiger partial charge in [0.15, 0.2) is 0 Å². The topological polar surface area (TPSA) is 33.6 Å². The van der Waals surface area contributed by atoms with Crippen LogP contribution in [0.2, 0.25) is 0 Å². The lowest BCUT2D eigenvalue weighted by molar-refractivity contribution is 0.0744. The van der Waals surface area contributed by atoms with Crippen LogP contribution < -0.4 is 5.48 Å². The zero-order valence-corrected chi connectivity index (χ0v) is 8.02. The van der Waals surface area contributed by atoms with Crippen LogP contribution in [0.3, 0.4) is 0 Å². The van der Waals surface area contributed by atoms with E-state index in [0.717, 1.165) is 5.56 Å². The molecule has 0 heterocycles. The Balaban J connectivity index is 2.13. The molecule has 14 heavy (non-hydrogen) atoms. The summed E-state index contributed by atoms with van der Waals surface area (Å²) >= 11 is 0. The second kappa shape index (κ2) is 6.86. The van der Waals surface area contributed by atoms with E-state index in [1.165, 1.54) is 6.34 Å². The Hall–Kier alpha value is -1.61. The zero-order valence-electron chi connectivity index (χ0n) is 8.02. The van der Waals surface area contributed by atoms with Gasteiger partial charge in [0, 0.05) is 0 Å². The van der Waals surface area contributed by atoms with Crippen molar-refractivity contribution in [3.63, 3.8) is 0 Å². The molecule has 0 aliphatic rings. The Morgan fingerprint density at radius 1 is 1.36 bits per heavy atom. The van der Waals surface area contributed by atoms with Crippen LogP contribution in [0.5, 0.6) is 0 Å². The Morgan fingerprint density at radius 2 is 2.14 bits per heavy atom. The highest BCUT2D eigenvalue weighted by Gasteiger charge is 1.88. The summed E-state index contributed by atoms with van der Waals surface area (Å²) in [6.45, 7) is 4.67. The first-order valence-corrected chi connectivity index (χ1v) is 4.44. The molecular formula is C11H14N2O. The fraction of sp³-hybridized carbons (Fsp3) is 0.182. The molecule has 1 aromatic rings. The van der Waals surface area contributed by atoms with E-state index < -0.39 is 0 Å². The van der Waals surface area contributed by atoms with Crippen LogP contribution in [0.25, 0.3) is 0 Å². The van der Waals surface area contributed by atoms with Crippen molar-refractivity contribution >= 4 is 6.34 Å². The van der Waals surface area contributed by atoms with Gasteiger partial charge in [0.1, 0.15) is 6.34 Å². The van der Waals surface area contributed by atoms with Crippen LogP contribution in [-0.2, 0) is 11.4 Å². The summed E-state index contributed by atoms with van der Waals surface area (Å²) in [5.41, 5.74) is 3.75. The molecule has 0 unspecified atom stereocenters. The average Bonchev–Trinajstić information content (AvgIpc) is 2.25. The number of aliphatic imine (C=N–C) groups is 1. The first kappa shape index (κ1) is 10.5. The van der Waals surface area contributed by atoms with E-state index in [9.17, 15) is 0 Å². The van der Waals surface area contributed by atoms with Crippen molar-refractivity contribution in [1.29, 1.82) is 0 Å². The van der Waals surface area contributed by atoms with Gasteiger partial charge in [0.25, 0.3) is 0 Å². The van der Waals surface area contributed by atoms with Gasteiger partial charge in [-0.15, -0.1) is 6.58 Å². The van der Waals surface area contributed by atoms with Gasteiger partial charge in [-0.2, -0.15) is 0 Å². The molecule has 0 saturated carbocycles. The van der Waals surface area contributed by atoms with Crippen molar-refractivity contribution in [2.24, 2.45) is 4.99 Å². The number of nitrogens with one attached hydrogen (secondary N) is 1. The molecule has 1 aromatic carbocycles. The maximum Gasteiger partial charge on any atom is 0.107 e. The molecule has 0 aromatic heterocycles. The number of hydrogen-bond acceptors (Lipinski definition) is 2. The van der Waals surface area contributed by atoms with E-state index >= 15 is 0 Å². The van der Waals surface area contributed by atoms with Gasteiger partial charge in [-0.3, -0.25) is 15.3 Å². The summed E-state index contributed by atoms with van der Waals surface area (Å²) in [7, 11) is 0. The van der Waals surface area contributed by atoms with Crippen LogP contribution in [0, 0.1) is 0 Å². The minimum absolute atomic E-state index is 0.529. The van der Waals surface area contributed by atoms with Gasteiger partial charge in [0.2, 0.25) is 0 Å². The highest BCUT2D eigenvalue weighted by molar-refractivity contribution is 5.52. The molecule has 74 valence electrons. The second-order valence-electron chi connectivity index (χ2n) is 2.68. The maximum atomic E-state index is 5.13. The van der Waals surface area contributed by atoms with Crippen LogP contribution in [0.1, 0.15) is 5.56 Å². The first-order valence-electron chi connectivity index (χ1n) is 4.44. The monoisotopic (exact) mass is 190 g/mol. The summed E-state index contributed by atoms with van der Waals surface area (Å²) in [6.07, 6.45) is 3.24. The third-order valence-electron chi connectivity index (χ3n) is 1.54. The van der Waals surface area contributed by atoms with Crippen LogP contribution in [0.15, 0.2) is 48.0 Å². The normalized spacial score (nSPS) is 10.3. The summed E-state index contributed by atoms with van der Waals surface area (Å²) in [6, 6.07) is 9.93.